The molecule has 0 N–H and O–H groups in total. The van der Waals surface area contributed by atoms with Crippen molar-refractivity contribution in [3.05, 3.63) is 113 Å². The molecule has 0 atom stereocenters. The molecule has 35 heavy (non-hydrogen) atoms. The predicted molar refractivity (Wildman–Crippen MR) is 134 cm³/mol. The molecule has 0 radical (unpaired) electrons. The van der Waals surface area contributed by atoms with Crippen LogP contribution in [-0.2, 0) is 6.42 Å². The summed E-state index contributed by atoms with van der Waals surface area (Å²) >= 11 is 0. The van der Waals surface area contributed by atoms with Crippen molar-refractivity contribution in [3.63, 3.8) is 0 Å². The first kappa shape index (κ1) is 24.7. The molecule has 180 valence electrons. The largest absolute Gasteiger partial charge is 0.573 e. The summed E-state index contributed by atoms with van der Waals surface area (Å²) in [6.07, 6.45) is 4.11. The van der Waals surface area contributed by atoms with E-state index in [1.165, 1.54) is 66.6 Å². The van der Waals surface area contributed by atoms with Crippen LogP contribution in [0.2, 0.25) is 0 Å². The van der Waals surface area contributed by atoms with Gasteiger partial charge in [-0.05, 0) is 103 Å². The fourth-order valence-corrected chi connectivity index (χ4v) is 4.71. The number of halogens is 3. The zero-order valence-corrected chi connectivity index (χ0v) is 19.7. The summed E-state index contributed by atoms with van der Waals surface area (Å²) in [5, 5.41) is 0. The Kier molecular flexibility index (Phi) is 7.98. The third-order valence-electron chi connectivity index (χ3n) is 6.64. The molecule has 0 saturated heterocycles. The molecular weight excluding hydrogens is 445 g/mol. The molecule has 1 aliphatic carbocycles. The van der Waals surface area contributed by atoms with E-state index in [1.54, 1.807) is 0 Å². The summed E-state index contributed by atoms with van der Waals surface area (Å²) < 4.78 is 40.7. The molecule has 0 bridgehead atoms. The minimum Gasteiger partial charge on any atom is -0.406 e. The molecule has 1 nitrogen and oxygen atoms in total. The first-order valence-corrected chi connectivity index (χ1v) is 12.1. The number of allylic oxidation sites excluding steroid dienone is 1. The first-order chi connectivity index (χ1) is 16.9. The molecule has 4 rings (SSSR count). The average molecular weight is 475 g/mol. The molecule has 0 aliphatic heterocycles. The third-order valence-corrected chi connectivity index (χ3v) is 6.64. The van der Waals surface area contributed by atoms with Crippen molar-refractivity contribution in [1.82, 2.24) is 0 Å². The zero-order chi connectivity index (χ0) is 24.7. The van der Waals surface area contributed by atoms with E-state index < -0.39 is 6.36 Å². The van der Waals surface area contributed by atoms with E-state index in [9.17, 15) is 13.2 Å². The average Bonchev–Trinajstić information content (AvgIpc) is 2.87. The van der Waals surface area contributed by atoms with Crippen molar-refractivity contribution in [2.45, 2.75) is 56.7 Å². The summed E-state index contributed by atoms with van der Waals surface area (Å²) in [6.45, 7) is 3.80. The Morgan fingerprint density at radius 1 is 0.743 bits per heavy atom. The summed E-state index contributed by atoms with van der Waals surface area (Å²) in [6, 6.07) is 23.1. The highest BCUT2D eigenvalue weighted by atomic mass is 19.4. The summed E-state index contributed by atoms with van der Waals surface area (Å²) in [5.41, 5.74) is 5.69. The normalized spacial score (nSPS) is 17.8. The van der Waals surface area contributed by atoms with Gasteiger partial charge in [0.1, 0.15) is 5.75 Å². The van der Waals surface area contributed by atoms with Gasteiger partial charge in [-0.3, -0.25) is 0 Å². The number of ether oxygens (including phenoxy) is 1. The molecule has 0 unspecified atom stereocenters. The number of aryl methyl sites for hydroxylation is 1. The lowest BCUT2D eigenvalue weighted by molar-refractivity contribution is -0.274. The van der Waals surface area contributed by atoms with Crippen molar-refractivity contribution in [2.24, 2.45) is 0 Å². The Balaban J connectivity index is 1.30. The third kappa shape index (κ3) is 7.26. The molecule has 3 aromatic rings. The Hall–Kier alpha value is -3.45. The van der Waals surface area contributed by atoms with E-state index in [4.69, 9.17) is 0 Å². The quantitative estimate of drug-likeness (QED) is 0.257. The van der Waals surface area contributed by atoms with Gasteiger partial charge >= 0.3 is 6.36 Å². The van der Waals surface area contributed by atoms with E-state index in [2.05, 4.69) is 59.6 Å². The number of hydrogen-bond acceptors (Lipinski definition) is 1. The molecule has 1 fully saturated rings. The van der Waals surface area contributed by atoms with Crippen LogP contribution in [0, 0.1) is 11.8 Å². The summed E-state index contributed by atoms with van der Waals surface area (Å²) in [7, 11) is 0. The lowest BCUT2D eigenvalue weighted by Gasteiger charge is -2.29. The van der Waals surface area contributed by atoms with Gasteiger partial charge in [0.05, 0.1) is 0 Å². The van der Waals surface area contributed by atoms with Gasteiger partial charge in [-0.25, -0.2) is 0 Å². The lowest BCUT2D eigenvalue weighted by Crippen LogP contribution is -2.16. The minimum atomic E-state index is -4.69. The fraction of sp³-hybridized carbons (Fsp3) is 0.290. The van der Waals surface area contributed by atoms with Crippen molar-refractivity contribution >= 4 is 0 Å². The number of benzene rings is 3. The van der Waals surface area contributed by atoms with Crippen molar-refractivity contribution in [2.75, 3.05) is 0 Å². The maximum Gasteiger partial charge on any atom is 0.573 e. The second-order valence-corrected chi connectivity index (χ2v) is 9.06. The van der Waals surface area contributed by atoms with Gasteiger partial charge in [-0.2, -0.15) is 0 Å². The minimum absolute atomic E-state index is 0.248. The molecule has 0 spiro atoms. The van der Waals surface area contributed by atoms with Gasteiger partial charge in [0.15, 0.2) is 0 Å². The van der Waals surface area contributed by atoms with Crippen LogP contribution in [0.25, 0.3) is 0 Å². The van der Waals surface area contributed by atoms with Crippen molar-refractivity contribution in [3.8, 4) is 17.6 Å². The fourth-order valence-electron chi connectivity index (χ4n) is 4.71. The van der Waals surface area contributed by atoms with E-state index in [0.717, 1.165) is 18.4 Å². The number of hydrogen-bond donors (Lipinski definition) is 0. The van der Waals surface area contributed by atoms with Gasteiger partial charge in [0, 0.05) is 11.1 Å². The Labute approximate surface area is 205 Å². The highest BCUT2D eigenvalue weighted by molar-refractivity contribution is 5.45. The van der Waals surface area contributed by atoms with E-state index in [-0.39, 0.29) is 5.75 Å². The second-order valence-electron chi connectivity index (χ2n) is 9.06. The van der Waals surface area contributed by atoms with Crippen LogP contribution in [0.15, 0.2) is 85.5 Å². The van der Waals surface area contributed by atoms with Gasteiger partial charge < -0.3 is 4.74 Å². The van der Waals surface area contributed by atoms with Gasteiger partial charge in [-0.15, -0.1) is 19.8 Å². The summed E-state index contributed by atoms with van der Waals surface area (Å²) in [5.74, 6) is 7.04. The molecule has 1 aliphatic rings. The lowest BCUT2D eigenvalue weighted by atomic mass is 9.76. The number of alkyl halides is 3. The smallest absolute Gasteiger partial charge is 0.406 e. The predicted octanol–water partition coefficient (Wildman–Crippen LogP) is 8.55. The van der Waals surface area contributed by atoms with Gasteiger partial charge in [0.25, 0.3) is 0 Å². The topological polar surface area (TPSA) is 9.23 Å². The van der Waals surface area contributed by atoms with Crippen LogP contribution in [0.4, 0.5) is 13.2 Å². The molecule has 4 heteroatoms. The zero-order valence-electron chi connectivity index (χ0n) is 19.7. The monoisotopic (exact) mass is 474 g/mol. The maximum absolute atomic E-state index is 12.3. The van der Waals surface area contributed by atoms with E-state index in [1.807, 2.05) is 18.2 Å². The van der Waals surface area contributed by atoms with E-state index >= 15 is 0 Å². The molecule has 1 saturated carbocycles. The van der Waals surface area contributed by atoms with Crippen LogP contribution < -0.4 is 4.74 Å². The van der Waals surface area contributed by atoms with Crippen molar-refractivity contribution < 1.29 is 17.9 Å². The Morgan fingerprint density at radius 3 is 1.66 bits per heavy atom. The van der Waals surface area contributed by atoms with E-state index in [0.29, 0.717) is 17.4 Å². The van der Waals surface area contributed by atoms with Gasteiger partial charge in [0.2, 0.25) is 0 Å². The maximum atomic E-state index is 12.3. The van der Waals surface area contributed by atoms with Gasteiger partial charge in [-0.1, -0.05) is 54.3 Å². The van der Waals surface area contributed by atoms with Crippen molar-refractivity contribution in [1.29, 1.82) is 0 Å². The highest BCUT2D eigenvalue weighted by Crippen LogP contribution is 2.40. The SMILES string of the molecule is C=CCCc1ccc(C2CCC(c3ccc(C#Cc4ccc(OC(F)(F)F)cc4)cc3)CC2)cc1. The number of rotatable bonds is 6. The van der Waals surface area contributed by atoms with Crippen LogP contribution >= 0.6 is 0 Å². The van der Waals surface area contributed by atoms with Crippen LogP contribution in [-0.4, -0.2) is 6.36 Å². The molecular formula is C31H29F3O. The first-order valence-electron chi connectivity index (χ1n) is 12.1. The van der Waals surface area contributed by atoms with Crippen LogP contribution in [0.1, 0.15) is 71.8 Å². The molecule has 0 amide bonds. The van der Waals surface area contributed by atoms with Crippen LogP contribution in [0.3, 0.4) is 0 Å². The van der Waals surface area contributed by atoms with Crippen LogP contribution in [0.5, 0.6) is 5.75 Å². The standard InChI is InChI=1S/C31H29F3O/c1-2-3-4-23-7-13-26(14-8-23)28-17-19-29(20-18-28)27-15-9-24(10-16-27)5-6-25-11-21-30(22-12-25)35-31(32,33)34/h2,7-16,21-22,28-29H,1,3-4,17-20H2. The molecule has 0 aromatic heterocycles. The highest BCUT2D eigenvalue weighted by Gasteiger charge is 2.31. The molecule has 0 heterocycles. The Morgan fingerprint density at radius 2 is 1.20 bits per heavy atom. The second kappa shape index (κ2) is 11.3. The molecule has 3 aromatic carbocycles. The summed E-state index contributed by atoms with van der Waals surface area (Å²) in [4.78, 5) is 0. The Bertz CT molecular complexity index is 1160.